The lowest BCUT2D eigenvalue weighted by molar-refractivity contribution is -0.116. The fourth-order valence-electron chi connectivity index (χ4n) is 2.54. The molecule has 0 radical (unpaired) electrons. The minimum Gasteiger partial charge on any atom is -0.486 e. The Bertz CT molecular complexity index is 717. The van der Waals surface area contributed by atoms with Crippen molar-refractivity contribution in [2.24, 2.45) is 0 Å². The van der Waals surface area contributed by atoms with E-state index in [0.29, 0.717) is 31.1 Å². The van der Waals surface area contributed by atoms with E-state index in [2.05, 4.69) is 5.32 Å². The zero-order valence-corrected chi connectivity index (χ0v) is 12.8. The highest BCUT2D eigenvalue weighted by atomic mass is 19.1. The van der Waals surface area contributed by atoms with Crippen molar-refractivity contribution in [3.05, 3.63) is 53.8 Å². The number of amides is 1. The van der Waals surface area contributed by atoms with Crippen molar-refractivity contribution in [3.63, 3.8) is 0 Å². The van der Waals surface area contributed by atoms with Crippen LogP contribution in [0.5, 0.6) is 11.5 Å². The standard InChI is InChI=1S/C18H18FNO3/c1-12(9-18(21)20-15-4-2-3-14(19)11-15)13-5-6-16-17(10-13)23-8-7-22-16/h2-6,10-12H,7-9H2,1H3,(H,20,21). The third kappa shape index (κ3) is 3.80. The lowest BCUT2D eigenvalue weighted by Crippen LogP contribution is -2.16. The van der Waals surface area contributed by atoms with Crippen molar-refractivity contribution in [2.45, 2.75) is 19.3 Å². The summed E-state index contributed by atoms with van der Waals surface area (Å²) in [4.78, 5) is 12.1. The van der Waals surface area contributed by atoms with Crippen molar-refractivity contribution in [1.29, 1.82) is 0 Å². The highest BCUT2D eigenvalue weighted by molar-refractivity contribution is 5.91. The summed E-state index contributed by atoms with van der Waals surface area (Å²) in [6, 6.07) is 11.6. The summed E-state index contributed by atoms with van der Waals surface area (Å²) in [7, 11) is 0. The van der Waals surface area contributed by atoms with Crippen molar-refractivity contribution < 1.29 is 18.7 Å². The number of ether oxygens (including phenoxy) is 2. The summed E-state index contributed by atoms with van der Waals surface area (Å²) >= 11 is 0. The first-order chi connectivity index (χ1) is 11.1. The Morgan fingerprint density at radius 1 is 1.17 bits per heavy atom. The fraction of sp³-hybridized carbons (Fsp3) is 0.278. The zero-order chi connectivity index (χ0) is 16.2. The predicted molar refractivity (Wildman–Crippen MR) is 85.5 cm³/mol. The number of carbonyl (C=O) groups excluding carboxylic acids is 1. The van der Waals surface area contributed by atoms with Gasteiger partial charge in [-0.2, -0.15) is 0 Å². The molecular weight excluding hydrogens is 297 g/mol. The second kappa shape index (κ2) is 6.69. The minimum atomic E-state index is -0.373. The van der Waals surface area contributed by atoms with Crippen LogP contribution in [0, 0.1) is 5.82 Å². The number of hydrogen-bond donors (Lipinski definition) is 1. The summed E-state index contributed by atoms with van der Waals surface area (Å²) in [5.74, 6) is 0.933. The van der Waals surface area contributed by atoms with E-state index in [0.717, 1.165) is 11.3 Å². The lowest BCUT2D eigenvalue weighted by atomic mass is 9.97. The van der Waals surface area contributed by atoms with Crippen LogP contribution in [0.1, 0.15) is 24.8 Å². The van der Waals surface area contributed by atoms with E-state index in [1.807, 2.05) is 25.1 Å². The van der Waals surface area contributed by atoms with E-state index in [1.54, 1.807) is 12.1 Å². The third-order valence-corrected chi connectivity index (χ3v) is 3.74. The van der Waals surface area contributed by atoms with E-state index >= 15 is 0 Å². The maximum atomic E-state index is 13.1. The van der Waals surface area contributed by atoms with Crippen molar-refractivity contribution >= 4 is 11.6 Å². The average Bonchev–Trinajstić information content (AvgIpc) is 2.54. The summed E-state index contributed by atoms with van der Waals surface area (Å²) in [5.41, 5.74) is 1.47. The molecule has 0 saturated heterocycles. The molecule has 0 bridgehead atoms. The van der Waals surface area contributed by atoms with Crippen molar-refractivity contribution in [3.8, 4) is 11.5 Å². The van der Waals surface area contributed by atoms with Crippen LogP contribution in [-0.2, 0) is 4.79 Å². The van der Waals surface area contributed by atoms with E-state index in [-0.39, 0.29) is 17.6 Å². The van der Waals surface area contributed by atoms with Gasteiger partial charge in [-0.05, 0) is 41.8 Å². The molecule has 1 heterocycles. The summed E-state index contributed by atoms with van der Waals surface area (Å²) in [6.45, 7) is 3.05. The normalized spacial score (nSPS) is 14.2. The smallest absolute Gasteiger partial charge is 0.224 e. The fourth-order valence-corrected chi connectivity index (χ4v) is 2.54. The van der Waals surface area contributed by atoms with Crippen LogP contribution in [0.4, 0.5) is 10.1 Å². The molecule has 0 aromatic heterocycles. The molecule has 1 aliphatic rings. The van der Waals surface area contributed by atoms with E-state index < -0.39 is 0 Å². The average molecular weight is 315 g/mol. The first-order valence-corrected chi connectivity index (χ1v) is 7.57. The number of anilines is 1. The SMILES string of the molecule is CC(CC(=O)Nc1cccc(F)c1)c1ccc2c(c1)OCCO2. The zero-order valence-electron chi connectivity index (χ0n) is 12.8. The van der Waals surface area contributed by atoms with Gasteiger partial charge >= 0.3 is 0 Å². The lowest BCUT2D eigenvalue weighted by Gasteiger charge is -2.20. The summed E-state index contributed by atoms with van der Waals surface area (Å²) in [6.07, 6.45) is 0.302. The van der Waals surface area contributed by atoms with Crippen LogP contribution >= 0.6 is 0 Å². The van der Waals surface area contributed by atoms with Gasteiger partial charge < -0.3 is 14.8 Å². The molecule has 23 heavy (non-hydrogen) atoms. The highest BCUT2D eigenvalue weighted by Crippen LogP contribution is 2.33. The Morgan fingerprint density at radius 3 is 2.74 bits per heavy atom. The number of nitrogens with one attached hydrogen (secondary N) is 1. The second-order valence-corrected chi connectivity index (χ2v) is 5.57. The van der Waals surface area contributed by atoms with Gasteiger partial charge in [0.05, 0.1) is 0 Å². The highest BCUT2D eigenvalue weighted by Gasteiger charge is 2.16. The van der Waals surface area contributed by atoms with Crippen LogP contribution in [0.15, 0.2) is 42.5 Å². The van der Waals surface area contributed by atoms with Gasteiger partial charge in [0.2, 0.25) is 5.91 Å². The molecule has 0 spiro atoms. The van der Waals surface area contributed by atoms with Gasteiger partial charge in [-0.15, -0.1) is 0 Å². The first kappa shape index (κ1) is 15.3. The molecule has 0 aliphatic carbocycles. The van der Waals surface area contributed by atoms with Gasteiger partial charge in [0.1, 0.15) is 19.0 Å². The van der Waals surface area contributed by atoms with Gasteiger partial charge in [0.25, 0.3) is 0 Å². The van der Waals surface area contributed by atoms with Gasteiger partial charge in [-0.1, -0.05) is 19.1 Å². The molecule has 5 heteroatoms. The van der Waals surface area contributed by atoms with Gasteiger partial charge in [0, 0.05) is 12.1 Å². The van der Waals surface area contributed by atoms with E-state index in [9.17, 15) is 9.18 Å². The molecule has 120 valence electrons. The molecule has 1 unspecified atom stereocenters. The van der Waals surface area contributed by atoms with Crippen LogP contribution < -0.4 is 14.8 Å². The number of rotatable bonds is 4. The molecule has 1 N–H and O–H groups in total. The molecule has 4 nitrogen and oxygen atoms in total. The first-order valence-electron chi connectivity index (χ1n) is 7.57. The molecular formula is C18H18FNO3. The van der Waals surface area contributed by atoms with Crippen LogP contribution in [0.3, 0.4) is 0 Å². The van der Waals surface area contributed by atoms with E-state index in [4.69, 9.17) is 9.47 Å². The van der Waals surface area contributed by atoms with Crippen LogP contribution in [0.25, 0.3) is 0 Å². The molecule has 1 amide bonds. The Balaban J connectivity index is 1.64. The maximum absolute atomic E-state index is 13.1. The molecule has 2 aromatic carbocycles. The largest absolute Gasteiger partial charge is 0.486 e. The quantitative estimate of drug-likeness (QED) is 0.935. The predicted octanol–water partition coefficient (Wildman–Crippen LogP) is 3.73. The minimum absolute atomic E-state index is 0.0133. The topological polar surface area (TPSA) is 47.6 Å². The number of fused-ring (bicyclic) bond motifs is 1. The van der Waals surface area contributed by atoms with Crippen molar-refractivity contribution in [1.82, 2.24) is 0 Å². The molecule has 2 aromatic rings. The number of hydrogen-bond acceptors (Lipinski definition) is 3. The number of benzene rings is 2. The van der Waals surface area contributed by atoms with Gasteiger partial charge in [-0.25, -0.2) is 4.39 Å². The van der Waals surface area contributed by atoms with Gasteiger partial charge in [0.15, 0.2) is 11.5 Å². The third-order valence-electron chi connectivity index (χ3n) is 3.74. The van der Waals surface area contributed by atoms with Gasteiger partial charge in [-0.3, -0.25) is 4.79 Å². The monoisotopic (exact) mass is 315 g/mol. The molecule has 0 fully saturated rings. The molecule has 1 aliphatic heterocycles. The number of carbonyl (C=O) groups is 1. The Kier molecular flexibility index (Phi) is 4.46. The molecule has 1 atom stereocenters. The van der Waals surface area contributed by atoms with Crippen LogP contribution in [0.2, 0.25) is 0 Å². The summed E-state index contributed by atoms with van der Waals surface area (Å²) < 4.78 is 24.2. The summed E-state index contributed by atoms with van der Waals surface area (Å²) in [5, 5.41) is 2.71. The Hall–Kier alpha value is -2.56. The molecule has 0 saturated carbocycles. The van der Waals surface area contributed by atoms with E-state index in [1.165, 1.54) is 12.1 Å². The number of halogens is 1. The Labute approximate surface area is 134 Å². The van der Waals surface area contributed by atoms with Crippen molar-refractivity contribution in [2.75, 3.05) is 18.5 Å². The van der Waals surface area contributed by atoms with Crippen LogP contribution in [-0.4, -0.2) is 19.1 Å². The maximum Gasteiger partial charge on any atom is 0.224 e. The second-order valence-electron chi connectivity index (χ2n) is 5.57. The Morgan fingerprint density at radius 2 is 1.96 bits per heavy atom. The molecule has 3 rings (SSSR count).